The molecular formula is C17H14N2O4S. The minimum atomic E-state index is -0.479. The lowest BCUT2D eigenvalue weighted by Crippen LogP contribution is -2.34. The van der Waals surface area contributed by atoms with Crippen molar-refractivity contribution in [2.75, 3.05) is 18.5 Å². The van der Waals surface area contributed by atoms with Gasteiger partial charge in [0.05, 0.1) is 18.0 Å². The third kappa shape index (κ3) is 3.12. The van der Waals surface area contributed by atoms with Gasteiger partial charge in [-0.15, -0.1) is 11.3 Å². The Morgan fingerprint density at radius 3 is 2.54 bits per heavy atom. The normalized spacial score (nSPS) is 14.0. The number of benzene rings is 1. The number of aliphatic hydroxyl groups is 1. The molecule has 0 atom stereocenters. The van der Waals surface area contributed by atoms with Gasteiger partial charge in [0.2, 0.25) is 5.78 Å². The molecule has 122 valence electrons. The number of amides is 2. The number of hydrogen-bond acceptors (Lipinski definition) is 6. The van der Waals surface area contributed by atoms with E-state index in [1.165, 1.54) is 17.4 Å². The van der Waals surface area contributed by atoms with E-state index in [0.29, 0.717) is 16.1 Å². The average molecular weight is 342 g/mol. The second kappa shape index (κ2) is 6.77. The number of hydrogen-bond donors (Lipinski definition) is 2. The summed E-state index contributed by atoms with van der Waals surface area (Å²) in [6.45, 7) is -0.314. The predicted octanol–water partition coefficient (Wildman–Crippen LogP) is 1.64. The highest BCUT2D eigenvalue weighted by Gasteiger charge is 2.30. The van der Waals surface area contributed by atoms with Crippen molar-refractivity contribution < 1.29 is 19.5 Å². The molecule has 3 rings (SSSR count). The number of imide groups is 1. The first-order valence-corrected chi connectivity index (χ1v) is 8.12. The number of carbonyl (C=O) groups is 3. The molecule has 0 saturated carbocycles. The number of nitrogens with one attached hydrogen (secondary N) is 1. The van der Waals surface area contributed by atoms with Crippen molar-refractivity contribution in [2.24, 2.45) is 0 Å². The Morgan fingerprint density at radius 1 is 1.17 bits per heavy atom. The monoisotopic (exact) mass is 342 g/mol. The van der Waals surface area contributed by atoms with Gasteiger partial charge in [0.25, 0.3) is 11.8 Å². The summed E-state index contributed by atoms with van der Waals surface area (Å²) < 4.78 is 0. The molecule has 0 bridgehead atoms. The minimum absolute atomic E-state index is 0.0341. The van der Waals surface area contributed by atoms with Gasteiger partial charge in [0, 0.05) is 17.3 Å². The molecule has 1 aromatic heterocycles. The lowest BCUT2D eigenvalue weighted by molar-refractivity contribution is -0.137. The molecule has 0 aliphatic carbocycles. The van der Waals surface area contributed by atoms with Gasteiger partial charge in [-0.1, -0.05) is 6.07 Å². The van der Waals surface area contributed by atoms with E-state index < -0.39 is 11.8 Å². The van der Waals surface area contributed by atoms with Crippen LogP contribution in [-0.2, 0) is 9.59 Å². The summed E-state index contributed by atoms with van der Waals surface area (Å²) in [6.07, 6.45) is 1.20. The van der Waals surface area contributed by atoms with Crippen molar-refractivity contribution in [3.63, 3.8) is 0 Å². The highest BCUT2D eigenvalue weighted by molar-refractivity contribution is 7.12. The lowest BCUT2D eigenvalue weighted by atomic mass is 10.1. The van der Waals surface area contributed by atoms with Gasteiger partial charge < -0.3 is 10.4 Å². The van der Waals surface area contributed by atoms with Crippen molar-refractivity contribution in [1.29, 1.82) is 0 Å². The van der Waals surface area contributed by atoms with Gasteiger partial charge >= 0.3 is 0 Å². The summed E-state index contributed by atoms with van der Waals surface area (Å²) in [5.74, 6) is -0.995. The standard InChI is InChI=1S/C17H14N2O4S/c20-8-7-19-15(21)10-13(17(19)23)18-12-5-3-11(4-6-12)16(22)14-2-1-9-24-14/h1-6,9-10,18,20H,7-8H2. The Hall–Kier alpha value is -2.77. The molecule has 0 saturated heterocycles. The fourth-order valence-corrected chi connectivity index (χ4v) is 3.01. The first-order valence-electron chi connectivity index (χ1n) is 7.24. The number of carbonyl (C=O) groups excluding carboxylic acids is 3. The van der Waals surface area contributed by atoms with Crippen LogP contribution < -0.4 is 5.32 Å². The Labute approximate surface area is 142 Å². The van der Waals surface area contributed by atoms with Crippen LogP contribution in [0.25, 0.3) is 0 Å². The second-order valence-corrected chi connectivity index (χ2v) is 6.03. The molecule has 2 aromatic rings. The lowest BCUT2D eigenvalue weighted by Gasteiger charge is -2.13. The number of anilines is 1. The van der Waals surface area contributed by atoms with Gasteiger partial charge in [-0.05, 0) is 35.7 Å². The zero-order chi connectivity index (χ0) is 17.1. The van der Waals surface area contributed by atoms with E-state index in [0.717, 1.165) is 4.90 Å². The fraction of sp³-hybridized carbons (Fsp3) is 0.118. The predicted molar refractivity (Wildman–Crippen MR) is 89.7 cm³/mol. The second-order valence-electron chi connectivity index (χ2n) is 5.09. The molecule has 0 unspecified atom stereocenters. The SMILES string of the molecule is O=C(c1ccc(NC2=CC(=O)N(CCO)C2=O)cc1)c1cccs1. The van der Waals surface area contributed by atoms with E-state index in [4.69, 9.17) is 5.11 Å². The van der Waals surface area contributed by atoms with Crippen molar-refractivity contribution in [3.8, 4) is 0 Å². The zero-order valence-electron chi connectivity index (χ0n) is 12.6. The number of rotatable bonds is 6. The number of nitrogens with zero attached hydrogens (tertiary/aromatic N) is 1. The Morgan fingerprint density at radius 2 is 1.92 bits per heavy atom. The Bertz CT molecular complexity index is 810. The molecule has 2 heterocycles. The molecule has 24 heavy (non-hydrogen) atoms. The van der Waals surface area contributed by atoms with Crippen LogP contribution in [0.5, 0.6) is 0 Å². The fourth-order valence-electron chi connectivity index (χ4n) is 2.32. The Kier molecular flexibility index (Phi) is 4.54. The van der Waals surface area contributed by atoms with Crippen LogP contribution in [0.1, 0.15) is 15.2 Å². The van der Waals surface area contributed by atoms with E-state index in [-0.39, 0.29) is 24.6 Å². The molecule has 1 aromatic carbocycles. The third-order valence-electron chi connectivity index (χ3n) is 3.50. The van der Waals surface area contributed by atoms with E-state index in [1.807, 2.05) is 11.4 Å². The van der Waals surface area contributed by atoms with Crippen LogP contribution in [0.2, 0.25) is 0 Å². The highest BCUT2D eigenvalue weighted by Crippen LogP contribution is 2.20. The first kappa shape index (κ1) is 16.1. The number of aliphatic hydroxyl groups excluding tert-OH is 1. The van der Waals surface area contributed by atoms with Crippen LogP contribution in [-0.4, -0.2) is 40.8 Å². The molecule has 1 aliphatic rings. The molecule has 1 aliphatic heterocycles. The van der Waals surface area contributed by atoms with Crippen LogP contribution in [0, 0.1) is 0 Å². The summed E-state index contributed by atoms with van der Waals surface area (Å²) in [7, 11) is 0. The van der Waals surface area contributed by atoms with Crippen molar-refractivity contribution in [3.05, 3.63) is 64.0 Å². The first-order chi connectivity index (χ1) is 11.6. The number of thiophene rings is 1. The summed E-state index contributed by atoms with van der Waals surface area (Å²) in [5.41, 5.74) is 1.29. The molecule has 0 radical (unpaired) electrons. The maximum absolute atomic E-state index is 12.2. The van der Waals surface area contributed by atoms with Gasteiger partial charge in [-0.25, -0.2) is 0 Å². The van der Waals surface area contributed by atoms with Gasteiger partial charge in [0.15, 0.2) is 0 Å². The zero-order valence-corrected chi connectivity index (χ0v) is 13.4. The summed E-state index contributed by atoms with van der Waals surface area (Å²) in [5, 5.41) is 13.6. The van der Waals surface area contributed by atoms with Crippen LogP contribution in [0.3, 0.4) is 0 Å². The number of ketones is 1. The summed E-state index contributed by atoms with van der Waals surface area (Å²) >= 11 is 1.38. The molecule has 2 N–H and O–H groups in total. The van der Waals surface area contributed by atoms with E-state index in [9.17, 15) is 14.4 Å². The van der Waals surface area contributed by atoms with E-state index in [2.05, 4.69) is 5.32 Å². The van der Waals surface area contributed by atoms with Crippen molar-refractivity contribution in [2.45, 2.75) is 0 Å². The molecule has 6 nitrogen and oxygen atoms in total. The van der Waals surface area contributed by atoms with Crippen LogP contribution >= 0.6 is 11.3 Å². The third-order valence-corrected chi connectivity index (χ3v) is 4.37. The highest BCUT2D eigenvalue weighted by atomic mass is 32.1. The quantitative estimate of drug-likeness (QED) is 0.616. The van der Waals surface area contributed by atoms with Crippen molar-refractivity contribution in [1.82, 2.24) is 4.90 Å². The minimum Gasteiger partial charge on any atom is -0.395 e. The maximum atomic E-state index is 12.2. The van der Waals surface area contributed by atoms with Gasteiger partial charge in [0.1, 0.15) is 5.70 Å². The van der Waals surface area contributed by atoms with Crippen molar-refractivity contribution >= 4 is 34.6 Å². The summed E-state index contributed by atoms with van der Waals surface area (Å²) in [4.78, 5) is 37.6. The topological polar surface area (TPSA) is 86.7 Å². The molecule has 0 spiro atoms. The number of β-amino-alcohol motifs (C(OH)–C–C–N with tert-alkyl or cyclic N) is 1. The summed E-state index contributed by atoms with van der Waals surface area (Å²) in [6, 6.07) is 10.3. The molecule has 0 fully saturated rings. The Balaban J connectivity index is 1.71. The molecular weight excluding hydrogens is 328 g/mol. The smallest absolute Gasteiger partial charge is 0.277 e. The van der Waals surface area contributed by atoms with Crippen LogP contribution in [0.4, 0.5) is 5.69 Å². The van der Waals surface area contributed by atoms with E-state index in [1.54, 1.807) is 30.3 Å². The van der Waals surface area contributed by atoms with Gasteiger partial charge in [-0.3, -0.25) is 19.3 Å². The molecule has 7 heteroatoms. The van der Waals surface area contributed by atoms with E-state index >= 15 is 0 Å². The molecule has 2 amide bonds. The average Bonchev–Trinajstić information content (AvgIpc) is 3.20. The maximum Gasteiger partial charge on any atom is 0.277 e. The largest absolute Gasteiger partial charge is 0.395 e. The van der Waals surface area contributed by atoms with Gasteiger partial charge in [-0.2, -0.15) is 0 Å². The van der Waals surface area contributed by atoms with Crippen LogP contribution in [0.15, 0.2) is 53.6 Å².